The van der Waals surface area contributed by atoms with E-state index in [1.165, 1.54) is 0 Å². The number of rotatable bonds is 5. The van der Waals surface area contributed by atoms with Gasteiger partial charge in [-0.1, -0.05) is 18.2 Å². The maximum absolute atomic E-state index is 5.67. The minimum absolute atomic E-state index is 0.501. The Hall–Kier alpha value is -1.81. The van der Waals surface area contributed by atoms with Gasteiger partial charge < -0.3 is 15.0 Å². The lowest BCUT2D eigenvalue weighted by Gasteiger charge is -2.10. The minimum Gasteiger partial charge on any atom is -0.491 e. The summed E-state index contributed by atoms with van der Waals surface area (Å²) in [5, 5.41) is 0. The third kappa shape index (κ3) is 2.61. The van der Waals surface area contributed by atoms with Gasteiger partial charge in [-0.05, 0) is 6.07 Å². The van der Waals surface area contributed by atoms with E-state index in [-0.39, 0.29) is 0 Å². The lowest BCUT2D eigenvalue weighted by molar-refractivity contribution is 0.295. The van der Waals surface area contributed by atoms with Gasteiger partial charge in [-0.2, -0.15) is 0 Å². The van der Waals surface area contributed by atoms with Gasteiger partial charge in [0.15, 0.2) is 0 Å². The van der Waals surface area contributed by atoms with Gasteiger partial charge in [-0.25, -0.2) is 4.98 Å². The van der Waals surface area contributed by atoms with E-state index in [0.717, 1.165) is 17.9 Å². The highest BCUT2D eigenvalue weighted by atomic mass is 16.5. The van der Waals surface area contributed by atoms with Gasteiger partial charge in [0.05, 0.1) is 12.9 Å². The van der Waals surface area contributed by atoms with Crippen molar-refractivity contribution in [1.29, 1.82) is 0 Å². The van der Waals surface area contributed by atoms with Crippen LogP contribution in [0, 0.1) is 0 Å². The van der Waals surface area contributed by atoms with Crippen LogP contribution in [0.25, 0.3) is 0 Å². The molecule has 0 fully saturated rings. The Bertz CT molecular complexity index is 426. The summed E-state index contributed by atoms with van der Waals surface area (Å²) in [7, 11) is 0. The average molecular weight is 217 g/mol. The second-order valence-corrected chi connectivity index (χ2v) is 3.46. The predicted octanol–water partition coefficient (Wildman–Crippen LogP) is 1.42. The van der Waals surface area contributed by atoms with Crippen LogP contribution in [0.1, 0.15) is 5.56 Å². The molecule has 2 aromatic rings. The quantitative estimate of drug-likeness (QED) is 0.824. The van der Waals surface area contributed by atoms with Crippen molar-refractivity contribution in [2.75, 3.05) is 6.61 Å². The normalized spacial score (nSPS) is 10.3. The molecular formula is C12H15N3O. The van der Waals surface area contributed by atoms with Crippen LogP contribution in [0.5, 0.6) is 5.75 Å². The van der Waals surface area contributed by atoms with Gasteiger partial charge in [0.1, 0.15) is 12.4 Å². The summed E-state index contributed by atoms with van der Waals surface area (Å²) in [5.74, 6) is 0.866. The highest BCUT2D eigenvalue weighted by Crippen LogP contribution is 2.16. The Balaban J connectivity index is 1.89. The summed E-state index contributed by atoms with van der Waals surface area (Å²) in [6.45, 7) is 1.91. The van der Waals surface area contributed by atoms with Gasteiger partial charge >= 0.3 is 0 Å². The first kappa shape index (κ1) is 10.7. The van der Waals surface area contributed by atoms with Gasteiger partial charge in [0.25, 0.3) is 0 Å². The van der Waals surface area contributed by atoms with Crippen LogP contribution in [-0.4, -0.2) is 16.2 Å². The standard InChI is InChI=1S/C12H15N3O/c13-9-11-3-1-2-4-12(11)16-8-7-15-6-5-14-10-15/h1-6,10H,7-9,13H2. The number of imidazole rings is 1. The lowest BCUT2D eigenvalue weighted by Crippen LogP contribution is -2.08. The highest BCUT2D eigenvalue weighted by Gasteiger charge is 2.00. The number of benzene rings is 1. The summed E-state index contributed by atoms with van der Waals surface area (Å²) < 4.78 is 7.65. The van der Waals surface area contributed by atoms with E-state index in [4.69, 9.17) is 10.5 Å². The van der Waals surface area contributed by atoms with Crippen molar-refractivity contribution in [1.82, 2.24) is 9.55 Å². The predicted molar refractivity (Wildman–Crippen MR) is 62.1 cm³/mol. The number of para-hydroxylation sites is 1. The first-order valence-electron chi connectivity index (χ1n) is 5.26. The molecule has 1 heterocycles. The average Bonchev–Trinajstić information content (AvgIpc) is 2.83. The molecule has 0 atom stereocenters. The molecular weight excluding hydrogens is 202 g/mol. The molecule has 4 nitrogen and oxygen atoms in total. The Morgan fingerprint density at radius 2 is 2.19 bits per heavy atom. The number of nitrogens with zero attached hydrogens (tertiary/aromatic N) is 2. The van der Waals surface area contributed by atoms with Crippen LogP contribution in [0.15, 0.2) is 43.0 Å². The molecule has 0 bridgehead atoms. The Labute approximate surface area is 94.7 Å². The van der Waals surface area contributed by atoms with Crippen molar-refractivity contribution in [3.05, 3.63) is 48.5 Å². The van der Waals surface area contributed by atoms with Crippen LogP contribution < -0.4 is 10.5 Å². The molecule has 1 aromatic heterocycles. The molecule has 0 amide bonds. The van der Waals surface area contributed by atoms with Gasteiger partial charge in [0, 0.05) is 24.5 Å². The van der Waals surface area contributed by atoms with Crippen molar-refractivity contribution < 1.29 is 4.74 Å². The van der Waals surface area contributed by atoms with Crippen LogP contribution in [-0.2, 0) is 13.1 Å². The van der Waals surface area contributed by atoms with Crippen LogP contribution >= 0.6 is 0 Å². The summed E-state index contributed by atoms with van der Waals surface area (Å²) >= 11 is 0. The Morgan fingerprint density at radius 1 is 1.31 bits per heavy atom. The summed E-state index contributed by atoms with van der Waals surface area (Å²) in [4.78, 5) is 3.97. The zero-order valence-corrected chi connectivity index (χ0v) is 9.04. The van der Waals surface area contributed by atoms with Gasteiger partial charge in [-0.3, -0.25) is 0 Å². The summed E-state index contributed by atoms with van der Waals surface area (Å²) in [6.07, 6.45) is 5.45. The van der Waals surface area contributed by atoms with Crippen molar-refractivity contribution in [3.63, 3.8) is 0 Å². The second-order valence-electron chi connectivity index (χ2n) is 3.46. The van der Waals surface area contributed by atoms with E-state index in [1.54, 1.807) is 12.5 Å². The molecule has 2 rings (SSSR count). The fourth-order valence-electron chi connectivity index (χ4n) is 1.49. The van der Waals surface area contributed by atoms with Crippen molar-refractivity contribution in [3.8, 4) is 5.75 Å². The third-order valence-corrected chi connectivity index (χ3v) is 2.36. The van der Waals surface area contributed by atoms with Crippen LogP contribution in [0.2, 0.25) is 0 Å². The molecule has 2 N–H and O–H groups in total. The fraction of sp³-hybridized carbons (Fsp3) is 0.250. The third-order valence-electron chi connectivity index (χ3n) is 2.36. The molecule has 16 heavy (non-hydrogen) atoms. The highest BCUT2D eigenvalue weighted by molar-refractivity contribution is 5.32. The van der Waals surface area contributed by atoms with Crippen molar-refractivity contribution in [2.24, 2.45) is 5.73 Å². The molecule has 84 valence electrons. The van der Waals surface area contributed by atoms with Crippen LogP contribution in [0.3, 0.4) is 0 Å². The first-order valence-corrected chi connectivity index (χ1v) is 5.26. The van der Waals surface area contributed by atoms with Crippen molar-refractivity contribution >= 4 is 0 Å². The number of hydrogen-bond donors (Lipinski definition) is 1. The van der Waals surface area contributed by atoms with E-state index < -0.39 is 0 Å². The molecule has 0 radical (unpaired) electrons. The van der Waals surface area contributed by atoms with E-state index in [9.17, 15) is 0 Å². The molecule has 0 saturated heterocycles. The topological polar surface area (TPSA) is 53.1 Å². The Morgan fingerprint density at radius 3 is 2.94 bits per heavy atom. The van der Waals surface area contributed by atoms with E-state index >= 15 is 0 Å². The molecule has 4 heteroatoms. The zero-order chi connectivity index (χ0) is 11.2. The fourth-order valence-corrected chi connectivity index (χ4v) is 1.49. The molecule has 0 aliphatic rings. The maximum atomic E-state index is 5.67. The molecule has 0 aliphatic carbocycles. The molecule has 0 saturated carbocycles. The maximum Gasteiger partial charge on any atom is 0.123 e. The number of nitrogens with two attached hydrogens (primary N) is 1. The first-order chi connectivity index (χ1) is 7.90. The lowest BCUT2D eigenvalue weighted by atomic mass is 10.2. The van der Waals surface area contributed by atoms with Crippen molar-refractivity contribution in [2.45, 2.75) is 13.1 Å². The van der Waals surface area contributed by atoms with E-state index in [1.807, 2.05) is 35.0 Å². The van der Waals surface area contributed by atoms with Crippen LogP contribution in [0.4, 0.5) is 0 Å². The molecule has 0 unspecified atom stereocenters. The smallest absolute Gasteiger partial charge is 0.123 e. The summed E-state index contributed by atoms with van der Waals surface area (Å²) in [5.41, 5.74) is 6.66. The number of ether oxygens (including phenoxy) is 1. The summed E-state index contributed by atoms with van der Waals surface area (Å²) in [6, 6.07) is 7.83. The van der Waals surface area contributed by atoms with E-state index in [2.05, 4.69) is 4.98 Å². The SMILES string of the molecule is NCc1ccccc1OCCn1ccnc1. The molecule has 1 aromatic carbocycles. The molecule has 0 spiro atoms. The van der Waals surface area contributed by atoms with Gasteiger partial charge in [-0.15, -0.1) is 0 Å². The number of aromatic nitrogens is 2. The Kier molecular flexibility index (Phi) is 3.56. The van der Waals surface area contributed by atoms with Gasteiger partial charge in [0.2, 0.25) is 0 Å². The van der Waals surface area contributed by atoms with E-state index in [0.29, 0.717) is 13.2 Å². The largest absolute Gasteiger partial charge is 0.491 e. The monoisotopic (exact) mass is 217 g/mol. The number of hydrogen-bond acceptors (Lipinski definition) is 3. The zero-order valence-electron chi connectivity index (χ0n) is 9.04. The molecule has 0 aliphatic heterocycles. The second kappa shape index (κ2) is 5.32. The minimum atomic E-state index is 0.501.